The Kier molecular flexibility index (Phi) is 4.34. The molecule has 1 aromatic heterocycles. The zero-order chi connectivity index (χ0) is 10.2. The van der Waals surface area contributed by atoms with Gasteiger partial charge in [0.1, 0.15) is 12.0 Å². The molecule has 0 radical (unpaired) electrons. The van der Waals surface area contributed by atoms with Crippen molar-refractivity contribution in [2.75, 3.05) is 11.9 Å². The van der Waals surface area contributed by atoms with Crippen LogP contribution in [0, 0.1) is 5.41 Å². The molecular formula is C10H13N3O. The molecule has 0 amide bonds. The zero-order valence-electron chi connectivity index (χ0n) is 7.86. The highest BCUT2D eigenvalue weighted by Gasteiger charge is 1.97. The van der Waals surface area contributed by atoms with Crippen LogP contribution in [0.3, 0.4) is 0 Å². The number of carbonyl (C=O) groups is 1. The Hall–Kier alpha value is -1.71. The van der Waals surface area contributed by atoms with E-state index in [4.69, 9.17) is 5.41 Å². The predicted octanol–water partition coefficient (Wildman–Crippen LogP) is 1.47. The van der Waals surface area contributed by atoms with Gasteiger partial charge in [-0.25, -0.2) is 0 Å². The first-order valence-corrected chi connectivity index (χ1v) is 4.51. The van der Waals surface area contributed by atoms with E-state index in [9.17, 15) is 4.79 Å². The number of rotatable bonds is 6. The van der Waals surface area contributed by atoms with E-state index in [0.717, 1.165) is 24.9 Å². The van der Waals surface area contributed by atoms with E-state index in [2.05, 4.69) is 10.3 Å². The van der Waals surface area contributed by atoms with Crippen molar-refractivity contribution in [2.24, 2.45) is 0 Å². The molecule has 0 aliphatic heterocycles. The van der Waals surface area contributed by atoms with Gasteiger partial charge in [0.25, 0.3) is 0 Å². The number of hydrogen-bond donors (Lipinski definition) is 2. The minimum Gasteiger partial charge on any atom is -0.383 e. The molecule has 0 aliphatic rings. The standard InChI is InChI=1S/C10H13N3O/c11-8-10-9(4-3-6-13-10)12-5-1-2-7-14/h3-4,6-8,11-12H,1-2,5H2. The van der Waals surface area contributed by atoms with E-state index in [0.29, 0.717) is 12.1 Å². The average Bonchev–Trinajstić information content (AvgIpc) is 2.25. The van der Waals surface area contributed by atoms with Crippen LogP contribution in [0.4, 0.5) is 5.69 Å². The van der Waals surface area contributed by atoms with Crippen LogP contribution >= 0.6 is 0 Å². The number of hydrogen-bond acceptors (Lipinski definition) is 4. The van der Waals surface area contributed by atoms with Crippen molar-refractivity contribution in [3.63, 3.8) is 0 Å². The van der Waals surface area contributed by atoms with E-state index < -0.39 is 0 Å². The highest BCUT2D eigenvalue weighted by molar-refractivity contribution is 5.82. The molecule has 1 heterocycles. The predicted molar refractivity (Wildman–Crippen MR) is 55.9 cm³/mol. The number of nitrogens with one attached hydrogen (secondary N) is 2. The Balaban J connectivity index is 2.48. The summed E-state index contributed by atoms with van der Waals surface area (Å²) in [5.41, 5.74) is 1.46. The molecule has 0 fully saturated rings. The summed E-state index contributed by atoms with van der Waals surface area (Å²) in [4.78, 5) is 14.1. The van der Waals surface area contributed by atoms with Crippen molar-refractivity contribution >= 4 is 18.2 Å². The van der Waals surface area contributed by atoms with Gasteiger partial charge in [0, 0.05) is 25.4 Å². The lowest BCUT2D eigenvalue weighted by molar-refractivity contribution is -0.107. The van der Waals surface area contributed by atoms with Gasteiger partial charge in [-0.2, -0.15) is 0 Å². The van der Waals surface area contributed by atoms with Gasteiger partial charge in [0.15, 0.2) is 0 Å². The normalized spacial score (nSPS) is 9.43. The molecule has 2 N–H and O–H groups in total. The van der Waals surface area contributed by atoms with Crippen molar-refractivity contribution in [2.45, 2.75) is 12.8 Å². The number of unbranched alkanes of at least 4 members (excludes halogenated alkanes) is 1. The molecule has 0 aromatic carbocycles. The maximum atomic E-state index is 10.1. The van der Waals surface area contributed by atoms with Crippen LogP contribution < -0.4 is 5.32 Å². The third-order valence-electron chi connectivity index (χ3n) is 1.79. The van der Waals surface area contributed by atoms with E-state index in [-0.39, 0.29) is 0 Å². The van der Waals surface area contributed by atoms with Crippen molar-refractivity contribution in [1.29, 1.82) is 5.41 Å². The Labute approximate surface area is 82.9 Å². The second kappa shape index (κ2) is 5.85. The summed E-state index contributed by atoms with van der Waals surface area (Å²) in [5, 5.41) is 10.2. The Bertz CT molecular complexity index is 312. The molecule has 4 nitrogen and oxygen atoms in total. The molecule has 14 heavy (non-hydrogen) atoms. The summed E-state index contributed by atoms with van der Waals surface area (Å²) in [6, 6.07) is 3.68. The smallest absolute Gasteiger partial charge is 0.120 e. The summed E-state index contributed by atoms with van der Waals surface area (Å²) in [6.07, 6.45) is 5.13. The van der Waals surface area contributed by atoms with Gasteiger partial charge in [-0.05, 0) is 18.6 Å². The lowest BCUT2D eigenvalue weighted by Crippen LogP contribution is -2.05. The van der Waals surface area contributed by atoms with E-state index in [1.54, 1.807) is 6.20 Å². The molecular weight excluding hydrogens is 178 g/mol. The van der Waals surface area contributed by atoms with Crippen LogP contribution in [-0.4, -0.2) is 24.0 Å². The molecule has 0 spiro atoms. The number of carbonyl (C=O) groups excluding carboxylic acids is 1. The number of aldehydes is 1. The molecule has 0 aliphatic carbocycles. The van der Waals surface area contributed by atoms with Crippen LogP contribution in [0.25, 0.3) is 0 Å². The van der Waals surface area contributed by atoms with Crippen LogP contribution in [0.1, 0.15) is 18.5 Å². The molecule has 0 atom stereocenters. The van der Waals surface area contributed by atoms with Gasteiger partial charge in [-0.1, -0.05) is 0 Å². The minimum absolute atomic E-state index is 0.563. The maximum absolute atomic E-state index is 10.1. The molecule has 1 rings (SSSR count). The van der Waals surface area contributed by atoms with Crippen LogP contribution in [0.5, 0.6) is 0 Å². The monoisotopic (exact) mass is 191 g/mol. The molecule has 0 saturated heterocycles. The van der Waals surface area contributed by atoms with Crippen molar-refractivity contribution < 1.29 is 4.79 Å². The fraction of sp³-hybridized carbons (Fsp3) is 0.300. The average molecular weight is 191 g/mol. The molecule has 0 unspecified atom stereocenters. The van der Waals surface area contributed by atoms with E-state index in [1.807, 2.05) is 12.1 Å². The van der Waals surface area contributed by atoms with Crippen molar-refractivity contribution in [3.05, 3.63) is 24.0 Å². The highest BCUT2D eigenvalue weighted by atomic mass is 16.1. The molecule has 0 bridgehead atoms. The fourth-order valence-corrected chi connectivity index (χ4v) is 1.09. The summed E-state index contributed by atoms with van der Waals surface area (Å²) in [6.45, 7) is 0.727. The van der Waals surface area contributed by atoms with Gasteiger partial charge in [0.05, 0.1) is 5.69 Å². The van der Waals surface area contributed by atoms with Crippen molar-refractivity contribution in [3.8, 4) is 0 Å². The second-order valence-corrected chi connectivity index (χ2v) is 2.82. The van der Waals surface area contributed by atoms with E-state index in [1.165, 1.54) is 6.21 Å². The SMILES string of the molecule is N=Cc1ncccc1NCCCC=O. The van der Waals surface area contributed by atoms with Crippen LogP contribution in [0.15, 0.2) is 18.3 Å². The number of aromatic nitrogens is 1. The summed E-state index contributed by atoms with van der Waals surface area (Å²) in [5.74, 6) is 0. The maximum Gasteiger partial charge on any atom is 0.120 e. The first kappa shape index (κ1) is 10.4. The number of pyridine rings is 1. The lowest BCUT2D eigenvalue weighted by Gasteiger charge is -2.06. The van der Waals surface area contributed by atoms with Gasteiger partial charge in [-0.3, -0.25) is 4.98 Å². The van der Waals surface area contributed by atoms with Crippen LogP contribution in [0.2, 0.25) is 0 Å². The molecule has 0 saturated carbocycles. The second-order valence-electron chi connectivity index (χ2n) is 2.82. The van der Waals surface area contributed by atoms with Crippen molar-refractivity contribution in [1.82, 2.24) is 4.98 Å². The minimum atomic E-state index is 0.563. The first-order chi connectivity index (χ1) is 6.88. The van der Waals surface area contributed by atoms with Crippen LogP contribution in [-0.2, 0) is 4.79 Å². The van der Waals surface area contributed by atoms with Gasteiger partial charge >= 0.3 is 0 Å². The quantitative estimate of drug-likeness (QED) is 0.406. The first-order valence-electron chi connectivity index (χ1n) is 4.51. The summed E-state index contributed by atoms with van der Waals surface area (Å²) >= 11 is 0. The Morgan fingerprint density at radius 1 is 1.57 bits per heavy atom. The number of nitrogens with zero attached hydrogens (tertiary/aromatic N) is 1. The Morgan fingerprint density at radius 2 is 2.43 bits per heavy atom. The Morgan fingerprint density at radius 3 is 3.14 bits per heavy atom. The third kappa shape index (κ3) is 2.97. The van der Waals surface area contributed by atoms with E-state index >= 15 is 0 Å². The summed E-state index contributed by atoms with van der Waals surface area (Å²) in [7, 11) is 0. The highest BCUT2D eigenvalue weighted by Crippen LogP contribution is 2.09. The summed E-state index contributed by atoms with van der Waals surface area (Å²) < 4.78 is 0. The molecule has 1 aromatic rings. The largest absolute Gasteiger partial charge is 0.383 e. The fourth-order valence-electron chi connectivity index (χ4n) is 1.09. The number of anilines is 1. The zero-order valence-corrected chi connectivity index (χ0v) is 7.86. The molecule has 74 valence electrons. The van der Waals surface area contributed by atoms with Gasteiger partial charge < -0.3 is 15.5 Å². The topological polar surface area (TPSA) is 65.8 Å². The molecule has 4 heteroatoms. The third-order valence-corrected chi connectivity index (χ3v) is 1.79. The van der Waals surface area contributed by atoms with Gasteiger partial charge in [0.2, 0.25) is 0 Å². The lowest BCUT2D eigenvalue weighted by atomic mass is 10.3. The van der Waals surface area contributed by atoms with Gasteiger partial charge in [-0.15, -0.1) is 0 Å².